The Balaban J connectivity index is 0.00000450. The van der Waals surface area contributed by atoms with Crippen LogP contribution in [0.1, 0.15) is 43.3 Å². The summed E-state index contributed by atoms with van der Waals surface area (Å²) in [6.07, 6.45) is -2.92. The van der Waals surface area contributed by atoms with Crippen LogP contribution in [0.15, 0.2) is 41.7 Å². The van der Waals surface area contributed by atoms with Crippen molar-refractivity contribution in [2.75, 3.05) is 13.1 Å². The van der Waals surface area contributed by atoms with Crippen LogP contribution in [0.4, 0.5) is 13.2 Å². The number of nitrogens with zero attached hydrogens (tertiary/aromatic N) is 3. The third-order valence-corrected chi connectivity index (χ3v) is 4.76. The number of nitrogens with one attached hydrogen (secondary N) is 2. The summed E-state index contributed by atoms with van der Waals surface area (Å²) in [6.45, 7) is 6.13. The molecule has 0 saturated carbocycles. The highest BCUT2D eigenvalue weighted by molar-refractivity contribution is 14.0. The molecule has 0 bridgehead atoms. The number of aliphatic hydroxyl groups is 1. The lowest BCUT2D eigenvalue weighted by Gasteiger charge is -2.29. The van der Waals surface area contributed by atoms with Gasteiger partial charge in [0.05, 0.1) is 6.04 Å². The fraction of sp³-hybridized carbons (Fsp3) is 0.500. The predicted molar refractivity (Wildman–Crippen MR) is 122 cm³/mol. The van der Waals surface area contributed by atoms with Crippen molar-refractivity contribution in [2.45, 2.75) is 45.0 Å². The Hall–Kier alpha value is -1.82. The molecule has 10 heteroatoms. The second-order valence-corrected chi connectivity index (χ2v) is 6.95. The smallest absolute Gasteiger partial charge is 0.374 e. The number of halogens is 4. The summed E-state index contributed by atoms with van der Waals surface area (Å²) in [5, 5.41) is 16.6. The molecule has 30 heavy (non-hydrogen) atoms. The molecule has 0 aliphatic rings. The quantitative estimate of drug-likeness (QED) is 0.285. The van der Waals surface area contributed by atoms with Gasteiger partial charge in [-0.05, 0) is 31.9 Å². The third kappa shape index (κ3) is 6.10. The van der Waals surface area contributed by atoms with Gasteiger partial charge in [0.1, 0.15) is 5.82 Å². The summed E-state index contributed by atoms with van der Waals surface area (Å²) in [5.74, 6) is -0.0703. The van der Waals surface area contributed by atoms with Gasteiger partial charge >= 0.3 is 6.18 Å². The van der Waals surface area contributed by atoms with Crippen molar-refractivity contribution in [2.24, 2.45) is 12.0 Å². The highest BCUT2D eigenvalue weighted by Crippen LogP contribution is 2.40. The van der Waals surface area contributed by atoms with Gasteiger partial charge in [0, 0.05) is 39.0 Å². The van der Waals surface area contributed by atoms with E-state index in [1.54, 1.807) is 0 Å². The normalized spacial score (nSPS) is 15.1. The van der Waals surface area contributed by atoms with E-state index in [1.807, 2.05) is 45.0 Å². The van der Waals surface area contributed by atoms with E-state index >= 15 is 0 Å². The molecule has 0 radical (unpaired) electrons. The average Bonchev–Trinajstić information content (AvgIpc) is 3.07. The molecule has 2 atom stereocenters. The number of rotatable bonds is 7. The number of alkyl halides is 3. The Morgan fingerprint density at radius 2 is 1.97 bits per heavy atom. The second kappa shape index (κ2) is 11.0. The van der Waals surface area contributed by atoms with Crippen molar-refractivity contribution in [3.8, 4) is 0 Å². The van der Waals surface area contributed by atoms with E-state index in [2.05, 4.69) is 20.6 Å². The molecule has 2 unspecified atom stereocenters. The van der Waals surface area contributed by atoms with Crippen LogP contribution in [0, 0.1) is 6.92 Å². The molecule has 0 amide bonds. The number of guanidine groups is 1. The summed E-state index contributed by atoms with van der Waals surface area (Å²) in [6, 6.07) is 7.76. The van der Waals surface area contributed by atoms with E-state index in [9.17, 15) is 18.3 Å². The van der Waals surface area contributed by atoms with Gasteiger partial charge in [-0.15, -0.1) is 24.0 Å². The van der Waals surface area contributed by atoms with E-state index in [0.717, 1.165) is 11.1 Å². The minimum absolute atomic E-state index is 0. The molecule has 1 heterocycles. The molecular weight excluding hydrogens is 510 g/mol. The number of hydrogen-bond donors (Lipinski definition) is 3. The molecule has 1 aromatic carbocycles. The van der Waals surface area contributed by atoms with Crippen LogP contribution < -0.4 is 10.6 Å². The predicted octanol–water partition coefficient (Wildman–Crippen LogP) is 3.80. The topological polar surface area (TPSA) is 74.5 Å². The summed E-state index contributed by atoms with van der Waals surface area (Å²) < 4.78 is 42.0. The Morgan fingerprint density at radius 1 is 1.30 bits per heavy atom. The maximum atomic E-state index is 13.6. The molecule has 0 aliphatic heterocycles. The average molecular weight is 539 g/mol. The minimum Gasteiger partial charge on any atom is -0.374 e. The zero-order valence-corrected chi connectivity index (χ0v) is 19.8. The second-order valence-electron chi connectivity index (χ2n) is 6.95. The van der Waals surface area contributed by atoms with Crippen molar-refractivity contribution >= 4 is 29.9 Å². The standard InChI is InChI=1S/C20H28F3N5O.HI/c1-5-24-18(27-15(3)16-9-7-6-8-14(16)2)26-11-10-19(29,20(21,22)23)17-25-12-13-28(17)4;/h6-9,12-13,15,29H,5,10-11H2,1-4H3,(H2,24,26,27);1H. The lowest BCUT2D eigenvalue weighted by molar-refractivity contribution is -0.272. The summed E-state index contributed by atoms with van der Waals surface area (Å²) >= 11 is 0. The molecule has 2 rings (SSSR count). The van der Waals surface area contributed by atoms with Gasteiger partial charge in [-0.2, -0.15) is 13.2 Å². The largest absolute Gasteiger partial charge is 0.424 e. The number of aliphatic imine (C=N–C) groups is 1. The molecular formula is C20H29F3IN5O. The molecule has 0 saturated heterocycles. The first-order valence-corrected chi connectivity index (χ1v) is 9.47. The Bertz CT molecular complexity index is 840. The molecule has 6 nitrogen and oxygen atoms in total. The molecule has 0 spiro atoms. The molecule has 168 valence electrons. The van der Waals surface area contributed by atoms with Crippen molar-refractivity contribution in [1.82, 2.24) is 20.2 Å². The van der Waals surface area contributed by atoms with Crippen LogP contribution in [0.25, 0.3) is 0 Å². The van der Waals surface area contributed by atoms with Gasteiger partial charge in [-0.1, -0.05) is 24.3 Å². The number of aromatic nitrogens is 2. The number of aryl methyl sites for hydroxylation is 2. The summed E-state index contributed by atoms with van der Waals surface area (Å²) in [7, 11) is 1.41. The van der Waals surface area contributed by atoms with Crippen molar-refractivity contribution in [3.63, 3.8) is 0 Å². The number of imidazole rings is 1. The molecule has 0 fully saturated rings. The van der Waals surface area contributed by atoms with Crippen molar-refractivity contribution in [1.29, 1.82) is 0 Å². The Morgan fingerprint density at radius 3 is 2.50 bits per heavy atom. The highest BCUT2D eigenvalue weighted by atomic mass is 127. The van der Waals surface area contributed by atoms with Gasteiger partial charge in [-0.3, -0.25) is 4.99 Å². The number of hydrogen-bond acceptors (Lipinski definition) is 3. The van der Waals surface area contributed by atoms with E-state index in [-0.39, 0.29) is 36.6 Å². The van der Waals surface area contributed by atoms with Gasteiger partial charge in [0.25, 0.3) is 0 Å². The van der Waals surface area contributed by atoms with E-state index in [1.165, 1.54) is 24.0 Å². The third-order valence-electron chi connectivity index (χ3n) is 4.76. The summed E-state index contributed by atoms with van der Waals surface area (Å²) in [5.41, 5.74) is -0.907. The maximum Gasteiger partial charge on any atom is 0.424 e. The molecule has 3 N–H and O–H groups in total. The first kappa shape index (κ1) is 26.2. The van der Waals surface area contributed by atoms with Gasteiger partial charge < -0.3 is 20.3 Å². The van der Waals surface area contributed by atoms with Crippen LogP contribution in [0.5, 0.6) is 0 Å². The Kier molecular flexibility index (Phi) is 9.60. The van der Waals surface area contributed by atoms with Crippen LogP contribution in [-0.2, 0) is 12.6 Å². The van der Waals surface area contributed by atoms with Crippen LogP contribution in [-0.4, -0.2) is 39.9 Å². The van der Waals surface area contributed by atoms with Crippen molar-refractivity contribution in [3.05, 3.63) is 53.6 Å². The maximum absolute atomic E-state index is 13.6. The highest BCUT2D eigenvalue weighted by Gasteiger charge is 2.57. The lowest BCUT2D eigenvalue weighted by atomic mass is 9.98. The first-order chi connectivity index (χ1) is 13.6. The zero-order chi connectivity index (χ0) is 21.7. The van der Waals surface area contributed by atoms with Gasteiger partial charge in [0.15, 0.2) is 5.96 Å². The van der Waals surface area contributed by atoms with E-state index < -0.39 is 24.0 Å². The SMILES string of the molecule is CCNC(=NCCC(O)(c1nccn1C)C(F)(F)F)NC(C)c1ccccc1C.I. The summed E-state index contributed by atoms with van der Waals surface area (Å²) in [4.78, 5) is 7.94. The monoisotopic (exact) mass is 539 g/mol. The Labute approximate surface area is 192 Å². The number of benzene rings is 1. The molecule has 0 aliphatic carbocycles. The first-order valence-electron chi connectivity index (χ1n) is 9.47. The lowest BCUT2D eigenvalue weighted by Crippen LogP contribution is -2.45. The van der Waals surface area contributed by atoms with Crippen molar-refractivity contribution < 1.29 is 18.3 Å². The minimum atomic E-state index is -4.87. The zero-order valence-electron chi connectivity index (χ0n) is 17.5. The molecule has 2 aromatic rings. The fourth-order valence-electron chi connectivity index (χ4n) is 3.15. The van der Waals surface area contributed by atoms with Crippen LogP contribution in [0.2, 0.25) is 0 Å². The molecule has 1 aromatic heterocycles. The van der Waals surface area contributed by atoms with Crippen LogP contribution >= 0.6 is 24.0 Å². The fourth-order valence-corrected chi connectivity index (χ4v) is 3.15. The van der Waals surface area contributed by atoms with Crippen LogP contribution in [0.3, 0.4) is 0 Å². The van der Waals surface area contributed by atoms with E-state index in [0.29, 0.717) is 12.5 Å². The van der Waals surface area contributed by atoms with Gasteiger partial charge in [-0.25, -0.2) is 4.98 Å². The van der Waals surface area contributed by atoms with E-state index in [4.69, 9.17) is 0 Å². The van der Waals surface area contributed by atoms with Gasteiger partial charge in [0.2, 0.25) is 5.60 Å².